The number of aryl methyl sites for hydroxylation is 1. The summed E-state index contributed by atoms with van der Waals surface area (Å²) in [5.41, 5.74) is 3.51. The average molecular weight is 293 g/mol. The molecule has 21 heavy (non-hydrogen) atoms. The minimum absolute atomic E-state index is 0.0126. The summed E-state index contributed by atoms with van der Waals surface area (Å²) in [6.07, 6.45) is -0.159. The molecule has 1 amide bonds. The molecule has 0 radical (unpaired) electrons. The van der Waals surface area contributed by atoms with Crippen LogP contribution in [-0.4, -0.2) is 27.6 Å². The second-order valence-electron chi connectivity index (χ2n) is 4.26. The molecule has 1 aromatic rings. The number of aliphatic carboxylic acids is 1. The Morgan fingerprint density at radius 3 is 2.62 bits per heavy atom. The van der Waals surface area contributed by atoms with Gasteiger partial charge in [0.15, 0.2) is 0 Å². The first kappa shape index (κ1) is 16.3. The van der Waals surface area contributed by atoms with Crippen LogP contribution in [0.1, 0.15) is 31.4 Å². The van der Waals surface area contributed by atoms with Crippen LogP contribution in [0.15, 0.2) is 23.3 Å². The maximum absolute atomic E-state index is 11.2. The molecule has 1 aromatic carbocycles. The smallest absolute Gasteiger partial charge is 0.312 e. The third kappa shape index (κ3) is 4.68. The number of nitro groups is 1. The molecule has 0 unspecified atom stereocenters. The van der Waals surface area contributed by atoms with Gasteiger partial charge in [-0.3, -0.25) is 19.7 Å². The van der Waals surface area contributed by atoms with E-state index in [1.807, 2.05) is 6.92 Å². The first-order valence-corrected chi connectivity index (χ1v) is 6.17. The highest BCUT2D eigenvalue weighted by molar-refractivity contribution is 6.00. The van der Waals surface area contributed by atoms with Crippen LogP contribution in [0.4, 0.5) is 5.69 Å². The van der Waals surface area contributed by atoms with Crippen molar-refractivity contribution in [3.63, 3.8) is 0 Å². The number of carbonyl (C=O) groups excluding carboxylic acids is 1. The largest absolute Gasteiger partial charge is 0.481 e. The van der Waals surface area contributed by atoms with E-state index in [4.69, 9.17) is 5.11 Å². The molecule has 0 heterocycles. The summed E-state index contributed by atoms with van der Waals surface area (Å²) < 4.78 is 0. The van der Waals surface area contributed by atoms with E-state index >= 15 is 0 Å². The third-order valence-electron chi connectivity index (χ3n) is 2.74. The van der Waals surface area contributed by atoms with Crippen LogP contribution in [0.2, 0.25) is 0 Å². The van der Waals surface area contributed by atoms with Crippen molar-refractivity contribution in [2.45, 2.75) is 26.7 Å². The standard InChI is InChI=1S/C13H15N3O5/c1-3-9-4-5-10(6-11(9)16(20)21)8(2)14-15-12(17)7-13(18)19/h4-6H,3,7H2,1-2H3,(H,15,17)(H,18,19)/b14-8-. The van der Waals surface area contributed by atoms with Crippen molar-refractivity contribution < 1.29 is 19.6 Å². The van der Waals surface area contributed by atoms with Gasteiger partial charge in [-0.2, -0.15) is 5.10 Å². The lowest BCUT2D eigenvalue weighted by Gasteiger charge is -2.05. The maximum atomic E-state index is 11.2. The summed E-state index contributed by atoms with van der Waals surface area (Å²) >= 11 is 0. The molecule has 1 rings (SSSR count). The van der Waals surface area contributed by atoms with Crippen LogP contribution >= 0.6 is 0 Å². The number of benzene rings is 1. The molecular weight excluding hydrogens is 278 g/mol. The number of hydrogen-bond acceptors (Lipinski definition) is 5. The molecule has 0 aliphatic carbocycles. The van der Waals surface area contributed by atoms with Gasteiger partial charge in [0.2, 0.25) is 0 Å². The van der Waals surface area contributed by atoms with Crippen molar-refractivity contribution >= 4 is 23.3 Å². The molecule has 0 spiro atoms. The van der Waals surface area contributed by atoms with Crippen LogP contribution in [0, 0.1) is 10.1 Å². The van der Waals surface area contributed by atoms with E-state index < -0.39 is 23.2 Å². The molecule has 0 bridgehead atoms. The number of hydrazone groups is 1. The van der Waals surface area contributed by atoms with Gasteiger partial charge in [-0.05, 0) is 13.3 Å². The minimum Gasteiger partial charge on any atom is -0.481 e. The maximum Gasteiger partial charge on any atom is 0.312 e. The normalized spacial score (nSPS) is 11.0. The number of carbonyl (C=O) groups is 2. The van der Waals surface area contributed by atoms with Gasteiger partial charge in [0.05, 0.1) is 10.6 Å². The Labute approximate surface area is 120 Å². The van der Waals surface area contributed by atoms with E-state index in [-0.39, 0.29) is 5.69 Å². The fourth-order valence-corrected chi connectivity index (χ4v) is 1.65. The molecule has 0 aliphatic heterocycles. The van der Waals surface area contributed by atoms with E-state index in [0.29, 0.717) is 23.3 Å². The quantitative estimate of drug-likeness (QED) is 0.356. The number of nitrogens with one attached hydrogen (secondary N) is 1. The van der Waals surface area contributed by atoms with E-state index in [2.05, 4.69) is 10.5 Å². The molecule has 0 aliphatic rings. The fourth-order valence-electron chi connectivity index (χ4n) is 1.65. The van der Waals surface area contributed by atoms with Gasteiger partial charge in [0.1, 0.15) is 6.42 Å². The molecular formula is C13H15N3O5. The summed E-state index contributed by atoms with van der Waals surface area (Å²) in [4.78, 5) is 32.0. The number of nitrogens with zero attached hydrogens (tertiary/aromatic N) is 2. The molecule has 2 N–H and O–H groups in total. The third-order valence-corrected chi connectivity index (χ3v) is 2.74. The second kappa shape index (κ2) is 7.13. The number of carboxylic acid groups (broad SMARTS) is 1. The van der Waals surface area contributed by atoms with Crippen molar-refractivity contribution in [1.29, 1.82) is 0 Å². The van der Waals surface area contributed by atoms with Gasteiger partial charge in [-0.25, -0.2) is 5.43 Å². The van der Waals surface area contributed by atoms with Gasteiger partial charge in [-0.15, -0.1) is 0 Å². The first-order valence-electron chi connectivity index (χ1n) is 6.17. The Bertz CT molecular complexity index is 610. The number of nitro benzene ring substituents is 1. The van der Waals surface area contributed by atoms with Crippen LogP contribution < -0.4 is 5.43 Å². The highest BCUT2D eigenvalue weighted by Crippen LogP contribution is 2.21. The Morgan fingerprint density at radius 1 is 1.43 bits per heavy atom. The molecule has 0 aromatic heterocycles. The predicted octanol–water partition coefficient (Wildman–Crippen LogP) is 1.47. The first-order chi connectivity index (χ1) is 9.85. The zero-order valence-corrected chi connectivity index (χ0v) is 11.6. The lowest BCUT2D eigenvalue weighted by atomic mass is 10.0. The number of rotatable bonds is 6. The summed E-state index contributed by atoms with van der Waals surface area (Å²) in [5.74, 6) is -2.02. The Hall–Kier alpha value is -2.77. The molecule has 8 heteroatoms. The van der Waals surface area contributed by atoms with E-state index in [1.54, 1.807) is 19.1 Å². The summed E-state index contributed by atoms with van der Waals surface area (Å²) in [7, 11) is 0. The van der Waals surface area contributed by atoms with Gasteiger partial charge >= 0.3 is 5.97 Å². The minimum atomic E-state index is -1.26. The van der Waals surface area contributed by atoms with Crippen LogP contribution in [0.3, 0.4) is 0 Å². The Kier molecular flexibility index (Phi) is 5.53. The topological polar surface area (TPSA) is 122 Å². The molecule has 8 nitrogen and oxygen atoms in total. The van der Waals surface area contributed by atoms with Crippen molar-refractivity contribution in [2.75, 3.05) is 0 Å². The van der Waals surface area contributed by atoms with E-state index in [0.717, 1.165) is 0 Å². The zero-order valence-electron chi connectivity index (χ0n) is 11.6. The number of amides is 1. The van der Waals surface area contributed by atoms with Crippen LogP contribution in [0.25, 0.3) is 0 Å². The molecule has 112 valence electrons. The highest BCUT2D eigenvalue weighted by Gasteiger charge is 2.14. The number of carboxylic acids is 1. The van der Waals surface area contributed by atoms with Crippen molar-refractivity contribution in [3.8, 4) is 0 Å². The SMILES string of the molecule is CCc1ccc(/C(C)=N\NC(=O)CC(=O)O)cc1[N+](=O)[O-]. The lowest BCUT2D eigenvalue weighted by Crippen LogP contribution is -2.22. The molecule has 0 fully saturated rings. The van der Waals surface area contributed by atoms with Gasteiger partial charge in [-0.1, -0.05) is 19.1 Å². The molecule has 0 atom stereocenters. The highest BCUT2D eigenvalue weighted by atomic mass is 16.6. The molecule has 0 saturated heterocycles. The van der Waals surface area contributed by atoms with Gasteiger partial charge < -0.3 is 5.11 Å². The van der Waals surface area contributed by atoms with Crippen LogP contribution in [-0.2, 0) is 16.0 Å². The van der Waals surface area contributed by atoms with Gasteiger partial charge in [0.25, 0.3) is 11.6 Å². The monoisotopic (exact) mass is 293 g/mol. The van der Waals surface area contributed by atoms with Crippen molar-refractivity contribution in [2.24, 2.45) is 5.10 Å². The summed E-state index contributed by atoms with van der Waals surface area (Å²) in [5, 5.41) is 23.1. The molecule has 0 saturated carbocycles. The van der Waals surface area contributed by atoms with E-state index in [1.165, 1.54) is 6.07 Å². The lowest BCUT2D eigenvalue weighted by molar-refractivity contribution is -0.385. The zero-order chi connectivity index (χ0) is 16.0. The van der Waals surface area contributed by atoms with E-state index in [9.17, 15) is 19.7 Å². The average Bonchev–Trinajstić information content (AvgIpc) is 2.43. The van der Waals surface area contributed by atoms with Crippen LogP contribution in [0.5, 0.6) is 0 Å². The Balaban J connectivity index is 2.94. The number of hydrogen-bond donors (Lipinski definition) is 2. The second-order valence-corrected chi connectivity index (χ2v) is 4.26. The fraction of sp³-hybridized carbons (Fsp3) is 0.308. The Morgan fingerprint density at radius 2 is 2.10 bits per heavy atom. The van der Waals surface area contributed by atoms with Gasteiger partial charge in [0, 0.05) is 17.2 Å². The van der Waals surface area contributed by atoms with Crippen molar-refractivity contribution in [1.82, 2.24) is 5.43 Å². The summed E-state index contributed by atoms with van der Waals surface area (Å²) in [6, 6.07) is 4.67. The predicted molar refractivity (Wildman–Crippen MR) is 75.1 cm³/mol. The summed E-state index contributed by atoms with van der Waals surface area (Å²) in [6.45, 7) is 3.38. The van der Waals surface area contributed by atoms with Crippen molar-refractivity contribution in [3.05, 3.63) is 39.4 Å².